The Balaban J connectivity index is 0.00000231. The number of nitrogens with zero attached hydrogens (tertiary/aromatic N) is 2. The van der Waals surface area contributed by atoms with E-state index in [0.717, 1.165) is 40.6 Å². The van der Waals surface area contributed by atoms with Gasteiger partial charge in [0.25, 0.3) is 5.91 Å². The van der Waals surface area contributed by atoms with E-state index in [1.54, 1.807) is 0 Å². The molecule has 2 bridgehead atoms. The molecule has 0 saturated carbocycles. The van der Waals surface area contributed by atoms with Crippen molar-refractivity contribution in [2.45, 2.75) is 63.7 Å². The van der Waals surface area contributed by atoms with Crippen LogP contribution in [0.3, 0.4) is 0 Å². The van der Waals surface area contributed by atoms with E-state index in [0.29, 0.717) is 12.1 Å². The van der Waals surface area contributed by atoms with Crippen molar-refractivity contribution >= 4 is 29.2 Å². The molecule has 0 spiro atoms. The molecule has 2 fully saturated rings. The molecule has 0 unspecified atom stereocenters. The van der Waals surface area contributed by atoms with E-state index in [-0.39, 0.29) is 30.4 Å². The molecule has 4 nitrogen and oxygen atoms in total. The van der Waals surface area contributed by atoms with Crippen LogP contribution in [0.2, 0.25) is 0 Å². The number of piperidine rings is 1. The van der Waals surface area contributed by atoms with Crippen molar-refractivity contribution in [2.24, 2.45) is 0 Å². The Labute approximate surface area is 191 Å². The van der Waals surface area contributed by atoms with Crippen LogP contribution in [0.25, 0.3) is 22.2 Å². The number of aromatic nitrogens is 1. The number of nitrogens with one attached hydrogen (secondary N) is 1. The first-order chi connectivity index (χ1) is 14.5. The van der Waals surface area contributed by atoms with E-state index in [4.69, 9.17) is 0 Å². The van der Waals surface area contributed by atoms with Crippen LogP contribution in [-0.4, -0.2) is 40.5 Å². The standard InChI is InChI=1S/C26H31N3O.ClH/c1-17(2)29-23-12-8-7-11-22(23)24(25(29)18-9-5-4-6-10-18)26(30)27-19-15-20-13-14-21(16-19)28(20)3;/h4-12,17,19-21H,13-16H2,1-3H3,(H,27,30);1H/t19-,20+,21-;. The Morgan fingerprint density at radius 1 is 0.968 bits per heavy atom. The largest absolute Gasteiger partial charge is 0.349 e. The average molecular weight is 438 g/mol. The lowest BCUT2D eigenvalue weighted by atomic mass is 9.97. The summed E-state index contributed by atoms with van der Waals surface area (Å²) >= 11 is 0. The van der Waals surface area contributed by atoms with Crippen LogP contribution in [0, 0.1) is 0 Å². The van der Waals surface area contributed by atoms with Gasteiger partial charge in [-0.3, -0.25) is 4.79 Å². The molecular weight excluding hydrogens is 406 g/mol. The van der Waals surface area contributed by atoms with Gasteiger partial charge >= 0.3 is 0 Å². The van der Waals surface area contributed by atoms with E-state index in [9.17, 15) is 4.79 Å². The molecule has 3 aromatic rings. The highest BCUT2D eigenvalue weighted by molar-refractivity contribution is 6.13. The first-order valence-corrected chi connectivity index (χ1v) is 11.3. The van der Waals surface area contributed by atoms with Crippen molar-refractivity contribution in [1.29, 1.82) is 0 Å². The summed E-state index contributed by atoms with van der Waals surface area (Å²) in [5, 5.41) is 4.47. The highest BCUT2D eigenvalue weighted by Crippen LogP contribution is 2.38. The van der Waals surface area contributed by atoms with Crippen molar-refractivity contribution in [3.05, 3.63) is 60.2 Å². The molecule has 2 aliphatic heterocycles. The van der Waals surface area contributed by atoms with E-state index < -0.39 is 0 Å². The number of amides is 1. The normalized spacial score (nSPS) is 23.2. The fraction of sp³-hybridized carbons (Fsp3) is 0.423. The maximum atomic E-state index is 13.7. The van der Waals surface area contributed by atoms with Gasteiger partial charge in [-0.1, -0.05) is 48.5 Å². The summed E-state index contributed by atoms with van der Waals surface area (Å²) in [5.74, 6) is 0.0680. The zero-order chi connectivity index (χ0) is 20.8. The molecule has 3 atom stereocenters. The maximum absolute atomic E-state index is 13.7. The summed E-state index contributed by atoms with van der Waals surface area (Å²) in [4.78, 5) is 16.3. The number of halogens is 1. The van der Waals surface area contributed by atoms with Crippen molar-refractivity contribution in [2.75, 3.05) is 7.05 Å². The average Bonchev–Trinajstić information content (AvgIpc) is 3.18. The third-order valence-electron chi connectivity index (χ3n) is 7.13. The first kappa shape index (κ1) is 21.9. The number of carbonyl (C=O) groups excluding carboxylic acids is 1. The van der Waals surface area contributed by atoms with Crippen molar-refractivity contribution in [3.63, 3.8) is 0 Å². The second-order valence-electron chi connectivity index (χ2n) is 9.26. The Bertz CT molecular complexity index is 1060. The number of hydrogen-bond donors (Lipinski definition) is 1. The number of benzene rings is 2. The maximum Gasteiger partial charge on any atom is 0.254 e. The third-order valence-corrected chi connectivity index (χ3v) is 7.13. The van der Waals surface area contributed by atoms with Crippen LogP contribution in [0.1, 0.15) is 55.9 Å². The second kappa shape index (κ2) is 8.68. The zero-order valence-corrected chi connectivity index (χ0v) is 19.4. The summed E-state index contributed by atoms with van der Waals surface area (Å²) < 4.78 is 2.32. The number of fused-ring (bicyclic) bond motifs is 3. The van der Waals surface area contributed by atoms with Gasteiger partial charge in [0.05, 0.1) is 11.3 Å². The SMILES string of the molecule is CC(C)n1c(-c2ccccc2)c(C(=O)N[C@H]2C[C@H]3CC[C@@H](C2)N3C)c2ccccc21.Cl. The van der Waals surface area contributed by atoms with Crippen LogP contribution in [0.5, 0.6) is 0 Å². The molecule has 0 aliphatic carbocycles. The van der Waals surface area contributed by atoms with Crippen LogP contribution in [-0.2, 0) is 0 Å². The molecule has 5 heteroatoms. The lowest BCUT2D eigenvalue weighted by Gasteiger charge is -2.36. The van der Waals surface area contributed by atoms with Gasteiger partial charge in [-0.05, 0) is 58.2 Å². The van der Waals surface area contributed by atoms with Gasteiger partial charge < -0.3 is 14.8 Å². The lowest BCUT2D eigenvalue weighted by Crippen LogP contribution is -2.48. The molecule has 1 aromatic heterocycles. The molecule has 2 aliphatic rings. The molecule has 164 valence electrons. The van der Waals surface area contributed by atoms with Crippen LogP contribution < -0.4 is 5.32 Å². The van der Waals surface area contributed by atoms with E-state index in [1.807, 2.05) is 24.3 Å². The Morgan fingerprint density at radius 3 is 2.23 bits per heavy atom. The van der Waals surface area contributed by atoms with Gasteiger partial charge in [0.1, 0.15) is 0 Å². The van der Waals surface area contributed by atoms with Crippen molar-refractivity contribution in [3.8, 4) is 11.3 Å². The van der Waals surface area contributed by atoms with Crippen LogP contribution >= 0.6 is 12.4 Å². The monoisotopic (exact) mass is 437 g/mol. The molecular formula is C26H32ClN3O. The molecule has 1 amide bonds. The fourth-order valence-corrected chi connectivity index (χ4v) is 5.70. The predicted molar refractivity (Wildman–Crippen MR) is 130 cm³/mol. The topological polar surface area (TPSA) is 37.3 Å². The highest BCUT2D eigenvalue weighted by atomic mass is 35.5. The molecule has 5 rings (SSSR count). The van der Waals surface area contributed by atoms with Gasteiger partial charge in [0.2, 0.25) is 0 Å². The molecule has 2 saturated heterocycles. The predicted octanol–water partition coefficient (Wildman–Crippen LogP) is 5.67. The quantitative estimate of drug-likeness (QED) is 0.571. The van der Waals surface area contributed by atoms with Crippen LogP contribution in [0.15, 0.2) is 54.6 Å². The highest BCUT2D eigenvalue weighted by Gasteiger charge is 2.39. The van der Waals surface area contributed by atoms with Gasteiger partial charge in [0.15, 0.2) is 0 Å². The summed E-state index contributed by atoms with van der Waals surface area (Å²) in [5.41, 5.74) is 4.06. The minimum absolute atomic E-state index is 0. The summed E-state index contributed by atoms with van der Waals surface area (Å²) in [6.07, 6.45) is 4.63. The Kier molecular flexibility index (Phi) is 6.14. The van der Waals surface area contributed by atoms with Gasteiger partial charge in [-0.15, -0.1) is 12.4 Å². The minimum atomic E-state index is 0. The van der Waals surface area contributed by atoms with Crippen molar-refractivity contribution in [1.82, 2.24) is 14.8 Å². The number of para-hydroxylation sites is 1. The summed E-state index contributed by atoms with van der Waals surface area (Å²) in [6, 6.07) is 20.4. The van der Waals surface area contributed by atoms with E-state index >= 15 is 0 Å². The first-order valence-electron chi connectivity index (χ1n) is 11.3. The third kappa shape index (κ3) is 3.77. The summed E-state index contributed by atoms with van der Waals surface area (Å²) in [6.45, 7) is 4.38. The molecule has 2 aromatic carbocycles. The van der Waals surface area contributed by atoms with E-state index in [2.05, 4.69) is 66.0 Å². The van der Waals surface area contributed by atoms with E-state index in [1.165, 1.54) is 12.8 Å². The lowest BCUT2D eigenvalue weighted by molar-refractivity contribution is 0.0884. The molecule has 1 N–H and O–H groups in total. The number of hydrogen-bond acceptors (Lipinski definition) is 2. The second-order valence-corrected chi connectivity index (χ2v) is 9.26. The minimum Gasteiger partial charge on any atom is -0.349 e. The van der Waals surface area contributed by atoms with Gasteiger partial charge in [-0.25, -0.2) is 0 Å². The Hall–Kier alpha value is -2.30. The molecule has 3 heterocycles. The van der Waals surface area contributed by atoms with Crippen LogP contribution in [0.4, 0.5) is 0 Å². The number of rotatable bonds is 4. The molecule has 31 heavy (non-hydrogen) atoms. The zero-order valence-electron chi connectivity index (χ0n) is 18.5. The fourth-order valence-electron chi connectivity index (χ4n) is 5.70. The van der Waals surface area contributed by atoms with Crippen molar-refractivity contribution < 1.29 is 4.79 Å². The number of carbonyl (C=O) groups is 1. The van der Waals surface area contributed by atoms with Gasteiger partial charge in [0, 0.05) is 35.1 Å². The Morgan fingerprint density at radius 2 is 1.58 bits per heavy atom. The smallest absolute Gasteiger partial charge is 0.254 e. The molecule has 0 radical (unpaired) electrons. The summed E-state index contributed by atoms with van der Waals surface area (Å²) in [7, 11) is 2.24. The van der Waals surface area contributed by atoms with Gasteiger partial charge in [-0.2, -0.15) is 0 Å².